The van der Waals surface area contributed by atoms with Crippen molar-refractivity contribution in [2.75, 3.05) is 39.6 Å². The van der Waals surface area contributed by atoms with Crippen molar-refractivity contribution in [3.8, 4) is 0 Å². The van der Waals surface area contributed by atoms with Gasteiger partial charge in [0, 0.05) is 25.7 Å². The topological polar surface area (TPSA) is 237 Å². The Kier molecular flexibility index (Phi) is 58.3. The van der Waals surface area contributed by atoms with E-state index >= 15 is 0 Å². The smallest absolute Gasteiger partial charge is 0.462 e. The lowest BCUT2D eigenvalue weighted by molar-refractivity contribution is -0.161. The van der Waals surface area contributed by atoms with Crippen molar-refractivity contribution in [3.05, 3.63) is 0 Å². The molecule has 0 aliphatic carbocycles. The molecular formula is C66H128O17P2. The number of rotatable bonds is 66. The molecule has 0 aliphatic rings. The first-order chi connectivity index (χ1) is 41.0. The Morgan fingerprint density at radius 3 is 0.800 bits per heavy atom. The van der Waals surface area contributed by atoms with Crippen molar-refractivity contribution in [2.24, 2.45) is 5.92 Å². The third-order valence-electron chi connectivity index (χ3n) is 15.3. The molecule has 0 aromatic rings. The Bertz CT molecular complexity index is 1650. The second-order valence-corrected chi connectivity index (χ2v) is 27.2. The summed E-state index contributed by atoms with van der Waals surface area (Å²) in [5, 5.41) is 10.5. The van der Waals surface area contributed by atoms with Gasteiger partial charge in [-0.1, -0.05) is 285 Å². The van der Waals surface area contributed by atoms with Crippen LogP contribution in [0.2, 0.25) is 0 Å². The summed E-state index contributed by atoms with van der Waals surface area (Å²) in [5.74, 6) is -1.34. The maximum absolute atomic E-state index is 13.0. The minimum absolute atomic E-state index is 0.105. The zero-order chi connectivity index (χ0) is 62.8. The SMILES string of the molecule is CCCCCCCCCCCCCCCC(=O)OC[C@H](COP(=O)(O)OC[C@@H](O)COP(=O)(O)OC[C@@H](COC(=O)CCCCCCCCC)OC(=O)CCCCCCCCCC)OC(=O)CCCCCCCCCCCCCCCCC(C)C. The first-order valence-corrected chi connectivity index (χ1v) is 37.6. The molecule has 5 atom stereocenters. The highest BCUT2D eigenvalue weighted by molar-refractivity contribution is 7.47. The van der Waals surface area contributed by atoms with Crippen LogP contribution in [0, 0.1) is 5.92 Å². The van der Waals surface area contributed by atoms with E-state index in [0.29, 0.717) is 25.7 Å². The zero-order valence-corrected chi connectivity index (χ0v) is 56.5. The molecule has 0 saturated heterocycles. The van der Waals surface area contributed by atoms with E-state index in [9.17, 15) is 43.2 Å². The Balaban J connectivity index is 5.17. The van der Waals surface area contributed by atoms with Gasteiger partial charge in [0.2, 0.25) is 0 Å². The van der Waals surface area contributed by atoms with Crippen molar-refractivity contribution >= 4 is 39.5 Å². The summed E-state index contributed by atoms with van der Waals surface area (Å²) >= 11 is 0. The van der Waals surface area contributed by atoms with Crippen LogP contribution in [-0.4, -0.2) is 96.7 Å². The number of phosphoric acid groups is 2. The van der Waals surface area contributed by atoms with Crippen molar-refractivity contribution < 1.29 is 80.2 Å². The van der Waals surface area contributed by atoms with Gasteiger partial charge in [-0.05, 0) is 31.6 Å². The number of unbranched alkanes of at least 4 members (excludes halogenated alkanes) is 38. The van der Waals surface area contributed by atoms with Gasteiger partial charge in [-0.25, -0.2) is 9.13 Å². The summed E-state index contributed by atoms with van der Waals surface area (Å²) in [6.45, 7) is 7.17. The lowest BCUT2D eigenvalue weighted by Gasteiger charge is -2.21. The monoisotopic (exact) mass is 1250 g/mol. The van der Waals surface area contributed by atoms with Crippen LogP contribution < -0.4 is 0 Å². The maximum atomic E-state index is 13.0. The van der Waals surface area contributed by atoms with Crippen LogP contribution in [0.4, 0.5) is 0 Å². The van der Waals surface area contributed by atoms with Gasteiger partial charge >= 0.3 is 39.5 Å². The summed E-state index contributed by atoms with van der Waals surface area (Å²) in [4.78, 5) is 72.1. The number of aliphatic hydroxyl groups is 1. The molecular weight excluding hydrogens is 1130 g/mol. The number of esters is 4. The third kappa shape index (κ3) is 60.7. The Morgan fingerprint density at radius 1 is 0.318 bits per heavy atom. The van der Waals surface area contributed by atoms with E-state index in [1.807, 2.05) is 0 Å². The van der Waals surface area contributed by atoms with Crippen LogP contribution in [-0.2, 0) is 65.4 Å². The van der Waals surface area contributed by atoms with E-state index in [0.717, 1.165) is 115 Å². The zero-order valence-electron chi connectivity index (χ0n) is 54.7. The molecule has 0 aliphatic heterocycles. The molecule has 2 unspecified atom stereocenters. The van der Waals surface area contributed by atoms with Crippen LogP contribution in [0.1, 0.15) is 336 Å². The Morgan fingerprint density at radius 2 is 0.541 bits per heavy atom. The van der Waals surface area contributed by atoms with Crippen LogP contribution in [0.15, 0.2) is 0 Å². The number of ether oxygens (including phenoxy) is 4. The average Bonchev–Trinajstić information content (AvgIpc) is 3.62. The maximum Gasteiger partial charge on any atom is 0.472 e. The molecule has 0 fully saturated rings. The van der Waals surface area contributed by atoms with E-state index < -0.39 is 97.5 Å². The van der Waals surface area contributed by atoms with Gasteiger partial charge in [-0.15, -0.1) is 0 Å². The van der Waals surface area contributed by atoms with Crippen molar-refractivity contribution in [3.63, 3.8) is 0 Å². The highest BCUT2D eigenvalue weighted by atomic mass is 31.2. The molecule has 0 aromatic carbocycles. The standard InChI is InChI=1S/C66H128O17P2/c1-6-9-12-15-18-20-21-24-28-31-36-40-45-50-64(69)77-56-62(83-66(71)52-47-42-37-32-29-26-23-22-25-27-30-34-38-43-48-59(4)5)58-81-85(74,75)79-54-60(67)53-78-84(72,73)80-57-61(55-76-63(68)49-44-39-33-17-14-11-8-3)82-65(70)51-46-41-35-19-16-13-10-7-2/h59-62,67H,6-58H2,1-5H3,(H,72,73)(H,74,75)/t60-,61+,62+/m0/s1. The van der Waals surface area contributed by atoms with E-state index in [1.54, 1.807) is 0 Å². The average molecular weight is 1260 g/mol. The fourth-order valence-electron chi connectivity index (χ4n) is 9.94. The van der Waals surface area contributed by atoms with Gasteiger partial charge < -0.3 is 33.8 Å². The number of carbonyl (C=O) groups excluding carboxylic acids is 4. The normalized spacial score (nSPS) is 14.2. The number of carbonyl (C=O) groups is 4. The molecule has 0 amide bonds. The molecule has 0 heterocycles. The third-order valence-corrected chi connectivity index (χ3v) is 17.2. The lowest BCUT2D eigenvalue weighted by Crippen LogP contribution is -2.30. The summed E-state index contributed by atoms with van der Waals surface area (Å²) in [6.07, 6.45) is 44.6. The van der Waals surface area contributed by atoms with Gasteiger partial charge in [-0.2, -0.15) is 0 Å². The van der Waals surface area contributed by atoms with E-state index in [4.69, 9.17) is 37.0 Å². The summed E-state index contributed by atoms with van der Waals surface area (Å²) in [5.41, 5.74) is 0. The summed E-state index contributed by atoms with van der Waals surface area (Å²) in [7, 11) is -9.88. The fourth-order valence-corrected chi connectivity index (χ4v) is 11.5. The first kappa shape index (κ1) is 83.1. The van der Waals surface area contributed by atoms with Crippen LogP contribution in [0.5, 0.6) is 0 Å². The van der Waals surface area contributed by atoms with Crippen molar-refractivity contribution in [2.45, 2.75) is 355 Å². The quantitative estimate of drug-likeness (QED) is 0.0222. The molecule has 19 heteroatoms. The predicted octanol–water partition coefficient (Wildman–Crippen LogP) is 18.6. The van der Waals surface area contributed by atoms with Gasteiger partial charge in [0.1, 0.15) is 19.3 Å². The largest absolute Gasteiger partial charge is 0.472 e. The molecule has 0 bridgehead atoms. The summed E-state index contributed by atoms with van der Waals surface area (Å²) < 4.78 is 67.9. The molecule has 0 aromatic heterocycles. The van der Waals surface area contributed by atoms with Crippen molar-refractivity contribution in [1.82, 2.24) is 0 Å². The molecule has 0 radical (unpaired) electrons. The van der Waals surface area contributed by atoms with Crippen LogP contribution >= 0.6 is 15.6 Å². The number of hydrogen-bond acceptors (Lipinski definition) is 15. The first-order valence-electron chi connectivity index (χ1n) is 34.6. The second-order valence-electron chi connectivity index (χ2n) is 24.3. The van der Waals surface area contributed by atoms with Gasteiger partial charge in [0.15, 0.2) is 12.2 Å². The number of phosphoric ester groups is 2. The minimum atomic E-state index is -4.95. The fraction of sp³-hybridized carbons (Fsp3) is 0.939. The molecule has 17 nitrogen and oxygen atoms in total. The Hall–Kier alpha value is -1.94. The lowest BCUT2D eigenvalue weighted by atomic mass is 10.0. The molecule has 0 rings (SSSR count). The molecule has 3 N–H and O–H groups in total. The van der Waals surface area contributed by atoms with E-state index in [2.05, 4.69) is 34.6 Å². The van der Waals surface area contributed by atoms with Gasteiger partial charge in [0.05, 0.1) is 26.4 Å². The predicted molar refractivity (Wildman–Crippen MR) is 340 cm³/mol. The molecule has 0 spiro atoms. The van der Waals surface area contributed by atoms with E-state index in [-0.39, 0.29) is 25.7 Å². The van der Waals surface area contributed by atoms with Crippen LogP contribution in [0.25, 0.3) is 0 Å². The number of aliphatic hydroxyl groups excluding tert-OH is 1. The molecule has 85 heavy (non-hydrogen) atoms. The van der Waals surface area contributed by atoms with E-state index in [1.165, 1.54) is 141 Å². The van der Waals surface area contributed by atoms with Gasteiger partial charge in [0.25, 0.3) is 0 Å². The second kappa shape index (κ2) is 59.7. The van der Waals surface area contributed by atoms with Gasteiger partial charge in [-0.3, -0.25) is 37.3 Å². The molecule has 504 valence electrons. The highest BCUT2D eigenvalue weighted by Gasteiger charge is 2.30. The Labute approximate surface area is 517 Å². The minimum Gasteiger partial charge on any atom is -0.462 e. The number of hydrogen-bond donors (Lipinski definition) is 3. The summed E-state index contributed by atoms with van der Waals surface area (Å²) in [6, 6.07) is 0. The van der Waals surface area contributed by atoms with Crippen LogP contribution in [0.3, 0.4) is 0 Å². The van der Waals surface area contributed by atoms with Crippen molar-refractivity contribution in [1.29, 1.82) is 0 Å². The highest BCUT2D eigenvalue weighted by Crippen LogP contribution is 2.45. The molecule has 0 saturated carbocycles.